The fraction of sp³-hybridized carbons (Fsp3) is 0.417. The van der Waals surface area contributed by atoms with Crippen LogP contribution in [0.15, 0.2) is 28.4 Å². The van der Waals surface area contributed by atoms with Crippen molar-refractivity contribution in [2.45, 2.75) is 26.3 Å². The molecule has 0 fully saturated rings. The molecule has 0 radical (unpaired) electrons. The molecular weight excluding hydrogens is 220 g/mol. The van der Waals surface area contributed by atoms with Crippen molar-refractivity contribution in [1.82, 2.24) is 10.3 Å². The van der Waals surface area contributed by atoms with Crippen LogP contribution in [-0.4, -0.2) is 11.5 Å². The summed E-state index contributed by atoms with van der Waals surface area (Å²) < 4.78 is 5.13. The first-order chi connectivity index (χ1) is 7.79. The summed E-state index contributed by atoms with van der Waals surface area (Å²) in [5, 5.41) is 6.69. The molecular formula is C12H16N2OS. The van der Waals surface area contributed by atoms with Gasteiger partial charge in [-0.1, -0.05) is 6.92 Å². The highest BCUT2D eigenvalue weighted by atomic mass is 32.1. The first kappa shape index (κ1) is 11.4. The Morgan fingerprint density at radius 3 is 3.00 bits per heavy atom. The molecule has 2 aromatic heterocycles. The molecule has 0 aliphatic rings. The van der Waals surface area contributed by atoms with Crippen LogP contribution >= 0.6 is 11.3 Å². The number of thiazole rings is 1. The van der Waals surface area contributed by atoms with Crippen molar-refractivity contribution in [2.24, 2.45) is 0 Å². The van der Waals surface area contributed by atoms with E-state index in [1.165, 1.54) is 5.56 Å². The summed E-state index contributed by atoms with van der Waals surface area (Å²) in [6, 6.07) is 2.30. The van der Waals surface area contributed by atoms with E-state index >= 15 is 0 Å². The summed E-state index contributed by atoms with van der Waals surface area (Å²) in [5.74, 6) is 0. The largest absolute Gasteiger partial charge is 0.472 e. The number of hydrogen-bond acceptors (Lipinski definition) is 4. The maximum Gasteiger partial charge on any atom is 0.0950 e. The Morgan fingerprint density at radius 1 is 1.56 bits per heavy atom. The van der Waals surface area contributed by atoms with Gasteiger partial charge in [0.25, 0.3) is 0 Å². The number of hydrogen-bond donors (Lipinski definition) is 1. The summed E-state index contributed by atoms with van der Waals surface area (Å²) in [5.41, 5.74) is 2.34. The van der Waals surface area contributed by atoms with Crippen LogP contribution in [0.25, 0.3) is 0 Å². The van der Waals surface area contributed by atoms with Gasteiger partial charge in [0.15, 0.2) is 0 Å². The SMILES string of the molecule is CCNC(Cc1csc(C)n1)c1ccoc1. The molecule has 0 aliphatic carbocycles. The molecule has 0 aliphatic heterocycles. The highest BCUT2D eigenvalue weighted by Crippen LogP contribution is 2.20. The van der Waals surface area contributed by atoms with E-state index in [0.717, 1.165) is 23.7 Å². The van der Waals surface area contributed by atoms with Crippen LogP contribution in [0.1, 0.15) is 29.2 Å². The average Bonchev–Trinajstić information content (AvgIpc) is 2.88. The lowest BCUT2D eigenvalue weighted by Gasteiger charge is -2.14. The third-order valence-corrected chi connectivity index (χ3v) is 3.30. The van der Waals surface area contributed by atoms with Gasteiger partial charge in [0, 0.05) is 23.4 Å². The van der Waals surface area contributed by atoms with Crippen LogP contribution in [0, 0.1) is 6.92 Å². The number of nitrogens with one attached hydrogen (secondary N) is 1. The lowest BCUT2D eigenvalue weighted by atomic mass is 10.1. The van der Waals surface area contributed by atoms with Crippen molar-refractivity contribution in [3.8, 4) is 0 Å². The second-order valence-electron chi connectivity index (χ2n) is 3.73. The van der Waals surface area contributed by atoms with Gasteiger partial charge < -0.3 is 9.73 Å². The standard InChI is InChI=1S/C12H16N2OS/c1-3-13-12(10-4-5-15-7-10)6-11-8-16-9(2)14-11/h4-5,7-8,12-13H,3,6H2,1-2H3. The Hall–Kier alpha value is -1.13. The zero-order valence-electron chi connectivity index (χ0n) is 9.56. The topological polar surface area (TPSA) is 38.1 Å². The molecule has 0 spiro atoms. The summed E-state index contributed by atoms with van der Waals surface area (Å²) in [6.45, 7) is 5.09. The van der Waals surface area contributed by atoms with Gasteiger partial charge in [-0.15, -0.1) is 11.3 Å². The molecule has 1 unspecified atom stereocenters. The zero-order chi connectivity index (χ0) is 11.4. The Labute approximate surface area is 99.5 Å². The van der Waals surface area contributed by atoms with Crippen LogP contribution in [0.5, 0.6) is 0 Å². The molecule has 2 rings (SSSR count). The third-order valence-electron chi connectivity index (χ3n) is 2.48. The van der Waals surface area contributed by atoms with E-state index in [-0.39, 0.29) is 0 Å². The minimum atomic E-state index is 0.297. The lowest BCUT2D eigenvalue weighted by molar-refractivity contribution is 0.522. The fourth-order valence-corrected chi connectivity index (χ4v) is 2.36. The van der Waals surface area contributed by atoms with E-state index in [0.29, 0.717) is 6.04 Å². The molecule has 0 bridgehead atoms. The fourth-order valence-electron chi connectivity index (χ4n) is 1.74. The highest BCUT2D eigenvalue weighted by Gasteiger charge is 2.13. The first-order valence-corrected chi connectivity index (χ1v) is 6.34. The zero-order valence-corrected chi connectivity index (χ0v) is 10.4. The second-order valence-corrected chi connectivity index (χ2v) is 4.79. The maximum absolute atomic E-state index is 5.13. The molecule has 86 valence electrons. The van der Waals surface area contributed by atoms with Crippen LogP contribution in [-0.2, 0) is 6.42 Å². The van der Waals surface area contributed by atoms with Gasteiger partial charge in [0.1, 0.15) is 0 Å². The van der Waals surface area contributed by atoms with Gasteiger partial charge >= 0.3 is 0 Å². The monoisotopic (exact) mass is 236 g/mol. The summed E-state index contributed by atoms with van der Waals surface area (Å²) in [7, 11) is 0. The van der Waals surface area contributed by atoms with E-state index in [4.69, 9.17) is 4.42 Å². The van der Waals surface area contributed by atoms with Crippen molar-refractivity contribution in [3.63, 3.8) is 0 Å². The Morgan fingerprint density at radius 2 is 2.44 bits per heavy atom. The van der Waals surface area contributed by atoms with Crippen molar-refractivity contribution >= 4 is 11.3 Å². The molecule has 0 saturated carbocycles. The van der Waals surface area contributed by atoms with Gasteiger partial charge in [0.2, 0.25) is 0 Å². The molecule has 0 saturated heterocycles. The lowest BCUT2D eigenvalue weighted by Crippen LogP contribution is -2.22. The average molecular weight is 236 g/mol. The van der Waals surface area contributed by atoms with E-state index < -0.39 is 0 Å². The molecule has 0 amide bonds. The number of rotatable bonds is 5. The molecule has 16 heavy (non-hydrogen) atoms. The van der Waals surface area contributed by atoms with Crippen molar-refractivity contribution in [3.05, 3.63) is 40.2 Å². The number of aryl methyl sites for hydroxylation is 1. The number of aromatic nitrogens is 1. The van der Waals surface area contributed by atoms with Crippen molar-refractivity contribution < 1.29 is 4.42 Å². The molecule has 2 heterocycles. The quantitative estimate of drug-likeness (QED) is 0.867. The van der Waals surface area contributed by atoms with Crippen LogP contribution in [0.3, 0.4) is 0 Å². The normalized spacial score (nSPS) is 12.9. The molecule has 2 aromatic rings. The predicted octanol–water partition coefficient (Wildman–Crippen LogP) is 2.94. The Kier molecular flexibility index (Phi) is 3.74. The van der Waals surface area contributed by atoms with E-state index in [1.54, 1.807) is 23.9 Å². The van der Waals surface area contributed by atoms with Gasteiger partial charge in [-0.25, -0.2) is 4.98 Å². The smallest absolute Gasteiger partial charge is 0.0950 e. The van der Waals surface area contributed by atoms with Crippen LogP contribution < -0.4 is 5.32 Å². The highest BCUT2D eigenvalue weighted by molar-refractivity contribution is 7.09. The molecule has 1 atom stereocenters. The van der Waals surface area contributed by atoms with Crippen LogP contribution in [0.2, 0.25) is 0 Å². The summed E-state index contributed by atoms with van der Waals surface area (Å²) >= 11 is 1.70. The van der Waals surface area contributed by atoms with Gasteiger partial charge in [0.05, 0.1) is 23.2 Å². The van der Waals surface area contributed by atoms with E-state index in [1.807, 2.05) is 13.0 Å². The van der Waals surface area contributed by atoms with Gasteiger partial charge in [-0.2, -0.15) is 0 Å². The molecule has 3 nitrogen and oxygen atoms in total. The maximum atomic E-state index is 5.13. The van der Waals surface area contributed by atoms with Gasteiger partial charge in [-0.3, -0.25) is 0 Å². The summed E-state index contributed by atoms with van der Waals surface area (Å²) in [4.78, 5) is 4.49. The second kappa shape index (κ2) is 5.27. The minimum absolute atomic E-state index is 0.297. The van der Waals surface area contributed by atoms with Crippen LogP contribution in [0.4, 0.5) is 0 Å². The van der Waals surface area contributed by atoms with Gasteiger partial charge in [-0.05, 0) is 19.5 Å². The third kappa shape index (κ3) is 2.71. The Bertz CT molecular complexity index is 422. The number of nitrogens with zero attached hydrogens (tertiary/aromatic N) is 1. The van der Waals surface area contributed by atoms with Crippen molar-refractivity contribution in [2.75, 3.05) is 6.54 Å². The predicted molar refractivity (Wildman–Crippen MR) is 65.7 cm³/mol. The minimum Gasteiger partial charge on any atom is -0.472 e. The molecule has 4 heteroatoms. The molecule has 1 N–H and O–H groups in total. The summed E-state index contributed by atoms with van der Waals surface area (Å²) in [6.07, 6.45) is 4.43. The van der Waals surface area contributed by atoms with E-state index in [9.17, 15) is 0 Å². The first-order valence-electron chi connectivity index (χ1n) is 5.46. The number of furan rings is 1. The number of likely N-dealkylation sites (N-methyl/N-ethyl adjacent to an activating group) is 1. The molecule has 0 aromatic carbocycles. The van der Waals surface area contributed by atoms with E-state index in [2.05, 4.69) is 22.6 Å². The van der Waals surface area contributed by atoms with Crippen molar-refractivity contribution in [1.29, 1.82) is 0 Å². The Balaban J connectivity index is 2.09.